The quantitative estimate of drug-likeness (QED) is 0.574. The van der Waals surface area contributed by atoms with Crippen molar-refractivity contribution in [3.63, 3.8) is 0 Å². The van der Waals surface area contributed by atoms with Gasteiger partial charge in [0.25, 0.3) is 5.56 Å². The van der Waals surface area contributed by atoms with E-state index in [4.69, 9.17) is 21.1 Å². The number of aliphatic hydroxyl groups excluding tert-OH is 1. The van der Waals surface area contributed by atoms with Crippen LogP contribution in [0, 0.1) is 0 Å². The lowest BCUT2D eigenvalue weighted by atomic mass is 10.3. The molecule has 0 amide bonds. The number of nitrogens with one attached hydrogen (secondary N) is 1. The van der Waals surface area contributed by atoms with Crippen LogP contribution in [0.3, 0.4) is 0 Å². The maximum absolute atomic E-state index is 12.6. The first-order valence-electron chi connectivity index (χ1n) is 9.53. The summed E-state index contributed by atoms with van der Waals surface area (Å²) in [6.45, 7) is 2.24. The smallest absolute Gasteiger partial charge is 0.329 e. The van der Waals surface area contributed by atoms with Crippen LogP contribution in [0.5, 0.6) is 5.75 Å². The average Bonchev–Trinajstić information content (AvgIpc) is 3.12. The summed E-state index contributed by atoms with van der Waals surface area (Å²) in [5, 5.41) is 11.1. The number of aromatic amines is 1. The highest BCUT2D eigenvalue weighted by Gasteiger charge is 2.24. The fraction of sp³-hybridized carbons (Fsp3) is 0.421. The van der Waals surface area contributed by atoms with Crippen LogP contribution >= 0.6 is 11.6 Å². The number of hydrogen-bond acceptors (Lipinski definition) is 7. The average molecular weight is 436 g/mol. The first-order valence-corrected chi connectivity index (χ1v) is 9.91. The number of morpholine rings is 1. The number of benzene rings is 1. The van der Waals surface area contributed by atoms with E-state index in [2.05, 4.69) is 9.97 Å². The van der Waals surface area contributed by atoms with Gasteiger partial charge in [-0.05, 0) is 12.1 Å². The van der Waals surface area contributed by atoms with Crippen molar-refractivity contribution in [1.29, 1.82) is 0 Å². The zero-order valence-electron chi connectivity index (χ0n) is 16.4. The third kappa shape index (κ3) is 3.93. The van der Waals surface area contributed by atoms with E-state index in [1.165, 1.54) is 11.6 Å². The molecule has 1 saturated heterocycles. The van der Waals surface area contributed by atoms with E-state index in [1.807, 2.05) is 4.90 Å². The molecule has 3 aromatic rings. The lowest BCUT2D eigenvalue weighted by Gasteiger charge is -2.28. The van der Waals surface area contributed by atoms with E-state index >= 15 is 0 Å². The molecule has 1 aromatic carbocycles. The number of imidazole rings is 1. The van der Waals surface area contributed by atoms with Crippen molar-refractivity contribution >= 4 is 28.7 Å². The normalized spacial score (nSPS) is 15.5. The highest BCUT2D eigenvalue weighted by Crippen LogP contribution is 2.24. The molecule has 30 heavy (non-hydrogen) atoms. The summed E-state index contributed by atoms with van der Waals surface area (Å²) in [6.07, 6.45) is -0.949. The predicted octanol–water partition coefficient (Wildman–Crippen LogP) is 0.353. The highest BCUT2D eigenvalue weighted by molar-refractivity contribution is 6.32. The lowest BCUT2D eigenvalue weighted by molar-refractivity contribution is 0.0928. The molecule has 10 nitrogen and oxygen atoms in total. The van der Waals surface area contributed by atoms with Crippen LogP contribution in [0.2, 0.25) is 5.02 Å². The van der Waals surface area contributed by atoms with E-state index in [1.54, 1.807) is 28.8 Å². The Morgan fingerprint density at radius 3 is 2.77 bits per heavy atom. The Kier molecular flexibility index (Phi) is 5.80. The van der Waals surface area contributed by atoms with Gasteiger partial charge in [-0.25, -0.2) is 4.79 Å². The summed E-state index contributed by atoms with van der Waals surface area (Å²) < 4.78 is 13.9. The van der Waals surface area contributed by atoms with Crippen LogP contribution in [0.1, 0.15) is 0 Å². The maximum atomic E-state index is 12.6. The molecule has 0 bridgehead atoms. The number of aromatic nitrogens is 4. The predicted molar refractivity (Wildman–Crippen MR) is 112 cm³/mol. The summed E-state index contributed by atoms with van der Waals surface area (Å²) in [7, 11) is 1.54. The molecular weight excluding hydrogens is 414 g/mol. The second-order valence-corrected chi connectivity index (χ2v) is 7.41. The minimum absolute atomic E-state index is 0.0321. The maximum Gasteiger partial charge on any atom is 0.329 e. The van der Waals surface area contributed by atoms with Crippen LogP contribution in [-0.2, 0) is 18.3 Å². The van der Waals surface area contributed by atoms with Crippen molar-refractivity contribution in [2.24, 2.45) is 7.05 Å². The molecule has 0 spiro atoms. The number of rotatable bonds is 6. The topological polar surface area (TPSA) is 115 Å². The molecular formula is C19H22ClN5O5. The standard InChI is InChI=1S/C19H22ClN5O5/c1-23-16-15(17(27)22-19(23)28)25(18(21-16)24-6-8-29-9-7-24)10-12(26)11-30-14-5-3-2-4-13(14)20/h2-5,12,26H,6-11H2,1H3,(H,22,27,28)/t12-/m1/s1. The van der Waals surface area contributed by atoms with E-state index in [9.17, 15) is 14.7 Å². The minimum atomic E-state index is -0.949. The van der Waals surface area contributed by atoms with Gasteiger partial charge in [-0.2, -0.15) is 4.98 Å². The van der Waals surface area contributed by atoms with Crippen LogP contribution in [-0.4, -0.2) is 63.2 Å². The van der Waals surface area contributed by atoms with Gasteiger partial charge in [0.15, 0.2) is 11.2 Å². The highest BCUT2D eigenvalue weighted by atomic mass is 35.5. The molecule has 160 valence electrons. The second-order valence-electron chi connectivity index (χ2n) is 7.01. The van der Waals surface area contributed by atoms with Crippen molar-refractivity contribution in [3.8, 4) is 5.75 Å². The Hall–Kier alpha value is -2.82. The number of ether oxygens (including phenoxy) is 2. The number of halogens is 1. The fourth-order valence-corrected chi connectivity index (χ4v) is 3.60. The number of aryl methyl sites for hydroxylation is 1. The molecule has 0 radical (unpaired) electrons. The number of nitrogens with zero attached hydrogens (tertiary/aromatic N) is 4. The van der Waals surface area contributed by atoms with Gasteiger partial charge in [0.05, 0.1) is 24.8 Å². The Balaban J connectivity index is 1.67. The molecule has 2 aromatic heterocycles. The molecule has 11 heteroatoms. The number of aliphatic hydroxyl groups is 1. The summed E-state index contributed by atoms with van der Waals surface area (Å²) in [4.78, 5) is 33.4. The van der Waals surface area contributed by atoms with Gasteiger partial charge < -0.3 is 24.0 Å². The number of para-hydroxylation sites is 1. The van der Waals surface area contributed by atoms with Crippen LogP contribution in [0.25, 0.3) is 11.2 Å². The molecule has 0 unspecified atom stereocenters. The van der Waals surface area contributed by atoms with Crippen LogP contribution in [0.15, 0.2) is 33.9 Å². The first-order chi connectivity index (χ1) is 14.5. The Morgan fingerprint density at radius 2 is 2.03 bits per heavy atom. The van der Waals surface area contributed by atoms with Crippen LogP contribution < -0.4 is 20.9 Å². The Morgan fingerprint density at radius 1 is 1.30 bits per heavy atom. The minimum Gasteiger partial charge on any atom is -0.489 e. The molecule has 1 fully saturated rings. The molecule has 1 atom stereocenters. The third-order valence-electron chi connectivity index (χ3n) is 4.94. The zero-order valence-corrected chi connectivity index (χ0v) is 17.1. The van der Waals surface area contributed by atoms with E-state index in [-0.39, 0.29) is 24.3 Å². The molecule has 0 saturated carbocycles. The van der Waals surface area contributed by atoms with Crippen molar-refractivity contribution in [2.45, 2.75) is 12.6 Å². The zero-order chi connectivity index (χ0) is 21.3. The van der Waals surface area contributed by atoms with Gasteiger partial charge in [-0.15, -0.1) is 0 Å². The van der Waals surface area contributed by atoms with Crippen molar-refractivity contribution in [2.75, 3.05) is 37.8 Å². The molecule has 1 aliphatic rings. The van der Waals surface area contributed by atoms with Gasteiger partial charge in [-0.3, -0.25) is 14.3 Å². The van der Waals surface area contributed by atoms with E-state index < -0.39 is 17.4 Å². The fourth-order valence-electron chi connectivity index (χ4n) is 3.41. The molecule has 3 heterocycles. The molecule has 1 aliphatic heterocycles. The van der Waals surface area contributed by atoms with Crippen molar-refractivity contribution in [3.05, 3.63) is 50.1 Å². The number of anilines is 1. The van der Waals surface area contributed by atoms with E-state index in [0.29, 0.717) is 43.0 Å². The summed E-state index contributed by atoms with van der Waals surface area (Å²) in [6, 6.07) is 6.98. The monoisotopic (exact) mass is 435 g/mol. The SMILES string of the molecule is Cn1c(=O)[nH]c(=O)c2c1nc(N1CCOCC1)n2C[C@@H](O)COc1ccccc1Cl. The molecule has 2 N–H and O–H groups in total. The van der Waals surface area contributed by atoms with Gasteiger partial charge >= 0.3 is 5.69 Å². The molecule has 0 aliphatic carbocycles. The van der Waals surface area contributed by atoms with Gasteiger partial charge in [0.2, 0.25) is 5.95 Å². The lowest BCUT2D eigenvalue weighted by Crippen LogP contribution is -2.39. The number of hydrogen-bond donors (Lipinski definition) is 2. The van der Waals surface area contributed by atoms with Crippen molar-refractivity contribution in [1.82, 2.24) is 19.1 Å². The first kappa shape index (κ1) is 20.5. The third-order valence-corrected chi connectivity index (χ3v) is 5.25. The second kappa shape index (κ2) is 8.50. The van der Waals surface area contributed by atoms with E-state index in [0.717, 1.165) is 0 Å². The van der Waals surface area contributed by atoms with Crippen LogP contribution in [0.4, 0.5) is 5.95 Å². The van der Waals surface area contributed by atoms with Crippen molar-refractivity contribution < 1.29 is 14.6 Å². The largest absolute Gasteiger partial charge is 0.489 e. The summed E-state index contributed by atoms with van der Waals surface area (Å²) in [5.41, 5.74) is -0.632. The summed E-state index contributed by atoms with van der Waals surface area (Å²) >= 11 is 6.09. The van der Waals surface area contributed by atoms with Gasteiger partial charge in [0, 0.05) is 20.1 Å². The molecule has 4 rings (SSSR count). The summed E-state index contributed by atoms with van der Waals surface area (Å²) in [5.74, 6) is 0.958. The number of fused-ring (bicyclic) bond motifs is 1. The van der Waals surface area contributed by atoms with Gasteiger partial charge in [-0.1, -0.05) is 23.7 Å². The Labute approximate surface area is 176 Å². The number of H-pyrrole nitrogens is 1. The van der Waals surface area contributed by atoms with Gasteiger partial charge in [0.1, 0.15) is 18.5 Å². The Bertz CT molecular complexity index is 1160.